The lowest BCUT2D eigenvalue weighted by atomic mass is 10.2. The minimum absolute atomic E-state index is 0.299. The monoisotopic (exact) mass is 372 g/mol. The zero-order valence-corrected chi connectivity index (χ0v) is 15.5. The zero-order chi connectivity index (χ0) is 19.1. The zero-order valence-electron chi connectivity index (χ0n) is 15.5. The topological polar surface area (TPSA) is 109 Å². The number of rotatable bonds is 7. The van der Waals surface area contributed by atoms with Crippen LogP contribution >= 0.6 is 0 Å². The van der Waals surface area contributed by atoms with Gasteiger partial charge in [0.15, 0.2) is 11.5 Å². The van der Waals surface area contributed by atoms with Crippen LogP contribution in [0.1, 0.15) is 12.6 Å². The molecular formula is C18H24N6O3. The van der Waals surface area contributed by atoms with E-state index in [-0.39, 0.29) is 6.03 Å². The van der Waals surface area contributed by atoms with E-state index in [9.17, 15) is 4.79 Å². The highest BCUT2D eigenvalue weighted by Gasteiger charge is 2.12. The minimum Gasteiger partial charge on any atom is -0.486 e. The number of nitrogens with one attached hydrogen (secondary N) is 4. The highest BCUT2D eigenvalue weighted by molar-refractivity contribution is 5.89. The number of hydrogen-bond acceptors (Lipinski definition) is 7. The van der Waals surface area contributed by atoms with E-state index in [1.807, 2.05) is 19.9 Å². The fraction of sp³-hybridized carbons (Fsp3) is 0.389. The third kappa shape index (κ3) is 5.37. The molecule has 0 fully saturated rings. The number of amides is 2. The number of aryl methyl sites for hydroxylation is 1. The number of hydrogen-bond donors (Lipinski definition) is 4. The van der Waals surface area contributed by atoms with Crippen LogP contribution in [0.15, 0.2) is 24.3 Å². The average molecular weight is 372 g/mol. The third-order valence-electron chi connectivity index (χ3n) is 3.71. The van der Waals surface area contributed by atoms with Crippen LogP contribution < -0.4 is 30.7 Å². The maximum absolute atomic E-state index is 12.0. The molecule has 27 heavy (non-hydrogen) atoms. The van der Waals surface area contributed by atoms with Crippen LogP contribution in [0.3, 0.4) is 0 Å². The highest BCUT2D eigenvalue weighted by atomic mass is 16.6. The van der Waals surface area contributed by atoms with Gasteiger partial charge in [-0.3, -0.25) is 0 Å². The van der Waals surface area contributed by atoms with E-state index >= 15 is 0 Å². The van der Waals surface area contributed by atoms with Gasteiger partial charge in [-0.15, -0.1) is 0 Å². The van der Waals surface area contributed by atoms with Crippen molar-refractivity contribution in [1.29, 1.82) is 0 Å². The van der Waals surface area contributed by atoms with Crippen molar-refractivity contribution in [3.05, 3.63) is 30.0 Å². The van der Waals surface area contributed by atoms with E-state index in [2.05, 4.69) is 31.2 Å². The first-order chi connectivity index (χ1) is 13.1. The van der Waals surface area contributed by atoms with Gasteiger partial charge in [0, 0.05) is 43.1 Å². The molecule has 2 amide bonds. The van der Waals surface area contributed by atoms with Gasteiger partial charge in [-0.2, -0.15) is 4.98 Å². The summed E-state index contributed by atoms with van der Waals surface area (Å²) in [6, 6.07) is 6.88. The number of benzene rings is 1. The standard InChI is InChI=1S/C18H24N6O3/c1-3-19-16-10-12(2)22-17(24-16)20-6-7-21-18(25)23-13-4-5-14-15(11-13)27-9-8-26-14/h4-5,10-11H,3,6-9H2,1-2H3,(H2,21,23,25)(H2,19,20,22,24). The molecule has 0 saturated carbocycles. The molecule has 3 rings (SSSR count). The molecule has 9 nitrogen and oxygen atoms in total. The molecule has 144 valence electrons. The van der Waals surface area contributed by atoms with E-state index in [4.69, 9.17) is 9.47 Å². The Hall–Kier alpha value is -3.23. The van der Waals surface area contributed by atoms with Crippen LogP contribution in [-0.4, -0.2) is 48.8 Å². The summed E-state index contributed by atoms with van der Waals surface area (Å²) >= 11 is 0. The molecular weight excluding hydrogens is 348 g/mol. The van der Waals surface area contributed by atoms with Crippen LogP contribution in [0, 0.1) is 6.92 Å². The molecule has 0 aliphatic carbocycles. The lowest BCUT2D eigenvalue weighted by molar-refractivity contribution is 0.171. The van der Waals surface area contributed by atoms with Crippen molar-refractivity contribution >= 4 is 23.5 Å². The summed E-state index contributed by atoms with van der Waals surface area (Å²) < 4.78 is 11.0. The minimum atomic E-state index is -0.299. The van der Waals surface area contributed by atoms with E-state index < -0.39 is 0 Å². The summed E-state index contributed by atoms with van der Waals surface area (Å²) in [4.78, 5) is 20.7. The van der Waals surface area contributed by atoms with Crippen molar-refractivity contribution < 1.29 is 14.3 Å². The maximum atomic E-state index is 12.0. The van der Waals surface area contributed by atoms with Crippen LogP contribution in [0.4, 0.5) is 22.2 Å². The van der Waals surface area contributed by atoms with Gasteiger partial charge in [0.25, 0.3) is 0 Å². The molecule has 1 aliphatic heterocycles. The lowest BCUT2D eigenvalue weighted by Crippen LogP contribution is -2.32. The summed E-state index contributed by atoms with van der Waals surface area (Å²) in [5.74, 6) is 2.62. The van der Waals surface area contributed by atoms with Crippen LogP contribution in [-0.2, 0) is 0 Å². The van der Waals surface area contributed by atoms with E-state index in [0.29, 0.717) is 49.4 Å². The van der Waals surface area contributed by atoms with E-state index in [1.54, 1.807) is 18.2 Å². The fourth-order valence-corrected chi connectivity index (χ4v) is 2.57. The van der Waals surface area contributed by atoms with Crippen LogP contribution in [0.5, 0.6) is 11.5 Å². The molecule has 1 aromatic heterocycles. The largest absolute Gasteiger partial charge is 0.486 e. The maximum Gasteiger partial charge on any atom is 0.319 e. The number of carbonyl (C=O) groups is 1. The van der Waals surface area contributed by atoms with Crippen molar-refractivity contribution in [2.75, 3.05) is 48.8 Å². The first kappa shape index (κ1) is 18.6. The average Bonchev–Trinajstić information content (AvgIpc) is 2.65. The summed E-state index contributed by atoms with van der Waals surface area (Å²) in [6.07, 6.45) is 0. The first-order valence-electron chi connectivity index (χ1n) is 8.92. The molecule has 4 N–H and O–H groups in total. The Balaban J connectivity index is 1.43. The highest BCUT2D eigenvalue weighted by Crippen LogP contribution is 2.32. The van der Waals surface area contributed by atoms with Gasteiger partial charge in [-0.25, -0.2) is 9.78 Å². The van der Waals surface area contributed by atoms with E-state index in [0.717, 1.165) is 18.1 Å². The van der Waals surface area contributed by atoms with Gasteiger partial charge in [-0.1, -0.05) is 0 Å². The smallest absolute Gasteiger partial charge is 0.319 e. The molecule has 0 spiro atoms. The van der Waals surface area contributed by atoms with Gasteiger partial charge in [0.05, 0.1) is 0 Å². The van der Waals surface area contributed by atoms with Crippen molar-refractivity contribution in [2.45, 2.75) is 13.8 Å². The predicted octanol–water partition coefficient (Wildman–Crippen LogP) is 2.22. The SMILES string of the molecule is CCNc1cc(C)nc(NCCNC(=O)Nc2ccc3c(c2)OCCO3)n1. The van der Waals surface area contributed by atoms with Gasteiger partial charge in [-0.05, 0) is 26.0 Å². The number of carbonyl (C=O) groups excluding carboxylic acids is 1. The molecule has 0 bridgehead atoms. The number of urea groups is 1. The van der Waals surface area contributed by atoms with Gasteiger partial charge in [0.2, 0.25) is 5.95 Å². The molecule has 2 aromatic rings. The third-order valence-corrected chi connectivity index (χ3v) is 3.71. The second kappa shape index (κ2) is 8.93. The molecule has 0 unspecified atom stereocenters. The van der Waals surface area contributed by atoms with Crippen molar-refractivity contribution in [3.8, 4) is 11.5 Å². The molecule has 0 atom stereocenters. The molecule has 2 heterocycles. The van der Waals surface area contributed by atoms with Crippen molar-refractivity contribution in [1.82, 2.24) is 15.3 Å². The van der Waals surface area contributed by atoms with Crippen LogP contribution in [0.25, 0.3) is 0 Å². The molecule has 9 heteroatoms. The number of ether oxygens (including phenoxy) is 2. The second-order valence-corrected chi connectivity index (χ2v) is 5.91. The number of fused-ring (bicyclic) bond motifs is 1. The molecule has 1 aromatic carbocycles. The first-order valence-corrected chi connectivity index (χ1v) is 8.92. The number of nitrogens with zero attached hydrogens (tertiary/aromatic N) is 2. The number of anilines is 3. The Morgan fingerprint density at radius 2 is 1.89 bits per heavy atom. The Labute approximate surface area is 157 Å². The predicted molar refractivity (Wildman–Crippen MR) is 104 cm³/mol. The molecule has 1 aliphatic rings. The Bertz CT molecular complexity index is 799. The van der Waals surface area contributed by atoms with E-state index in [1.165, 1.54) is 0 Å². The van der Waals surface area contributed by atoms with Gasteiger partial charge in [0.1, 0.15) is 19.0 Å². The van der Waals surface area contributed by atoms with Crippen molar-refractivity contribution in [2.24, 2.45) is 0 Å². The summed E-state index contributed by atoms with van der Waals surface area (Å²) in [5.41, 5.74) is 1.51. The van der Waals surface area contributed by atoms with Crippen LogP contribution in [0.2, 0.25) is 0 Å². The number of aromatic nitrogens is 2. The quantitative estimate of drug-likeness (QED) is 0.552. The second-order valence-electron chi connectivity index (χ2n) is 5.91. The summed E-state index contributed by atoms with van der Waals surface area (Å²) in [7, 11) is 0. The summed E-state index contributed by atoms with van der Waals surface area (Å²) in [6.45, 7) is 6.67. The Kier molecular flexibility index (Phi) is 6.14. The Morgan fingerprint density at radius 3 is 2.70 bits per heavy atom. The lowest BCUT2D eigenvalue weighted by Gasteiger charge is -2.19. The fourth-order valence-electron chi connectivity index (χ4n) is 2.57. The Morgan fingerprint density at radius 1 is 1.07 bits per heavy atom. The normalized spacial score (nSPS) is 12.2. The van der Waals surface area contributed by atoms with Crippen molar-refractivity contribution in [3.63, 3.8) is 0 Å². The van der Waals surface area contributed by atoms with Gasteiger partial charge < -0.3 is 30.7 Å². The molecule has 0 saturated heterocycles. The van der Waals surface area contributed by atoms with Gasteiger partial charge >= 0.3 is 6.03 Å². The molecule has 0 radical (unpaired) electrons. The summed E-state index contributed by atoms with van der Waals surface area (Å²) in [5, 5.41) is 11.8.